The van der Waals surface area contributed by atoms with Gasteiger partial charge in [-0.3, -0.25) is 0 Å². The molecule has 0 aromatic heterocycles. The molecule has 0 saturated carbocycles. The van der Waals surface area contributed by atoms with E-state index >= 15 is 0 Å². The Morgan fingerprint density at radius 3 is 2.37 bits per heavy atom. The van der Waals surface area contributed by atoms with Crippen molar-refractivity contribution in [2.24, 2.45) is 0 Å². The SMILES string of the molecule is CC(C)Oc1ccc(CNc2ccccc2F)cc1. The van der Waals surface area contributed by atoms with Gasteiger partial charge in [0.2, 0.25) is 0 Å². The summed E-state index contributed by atoms with van der Waals surface area (Å²) < 4.78 is 19.0. The first-order valence-electron chi connectivity index (χ1n) is 6.39. The molecule has 0 aliphatic carbocycles. The Morgan fingerprint density at radius 2 is 1.74 bits per heavy atom. The first-order valence-corrected chi connectivity index (χ1v) is 6.39. The van der Waals surface area contributed by atoms with E-state index in [0.29, 0.717) is 12.2 Å². The van der Waals surface area contributed by atoms with Crippen LogP contribution in [-0.2, 0) is 6.54 Å². The van der Waals surface area contributed by atoms with Crippen molar-refractivity contribution in [3.63, 3.8) is 0 Å². The van der Waals surface area contributed by atoms with Crippen molar-refractivity contribution in [2.75, 3.05) is 5.32 Å². The molecule has 19 heavy (non-hydrogen) atoms. The van der Waals surface area contributed by atoms with Crippen LogP contribution in [0.5, 0.6) is 5.75 Å². The van der Waals surface area contributed by atoms with Gasteiger partial charge in [-0.25, -0.2) is 4.39 Å². The first kappa shape index (κ1) is 13.4. The zero-order valence-corrected chi connectivity index (χ0v) is 11.2. The summed E-state index contributed by atoms with van der Waals surface area (Å²) in [6.07, 6.45) is 0.169. The molecular formula is C16H18FNO. The Kier molecular flexibility index (Phi) is 4.39. The molecule has 0 aliphatic rings. The second-order valence-electron chi connectivity index (χ2n) is 4.64. The fourth-order valence-electron chi connectivity index (χ4n) is 1.76. The van der Waals surface area contributed by atoms with Crippen molar-refractivity contribution in [3.05, 3.63) is 59.9 Å². The highest BCUT2D eigenvalue weighted by Crippen LogP contribution is 2.16. The summed E-state index contributed by atoms with van der Waals surface area (Å²) in [6.45, 7) is 4.57. The lowest BCUT2D eigenvalue weighted by molar-refractivity contribution is 0.242. The van der Waals surface area contributed by atoms with E-state index in [1.807, 2.05) is 44.2 Å². The molecule has 0 aliphatic heterocycles. The quantitative estimate of drug-likeness (QED) is 0.867. The smallest absolute Gasteiger partial charge is 0.146 e. The Hall–Kier alpha value is -2.03. The van der Waals surface area contributed by atoms with E-state index in [4.69, 9.17) is 4.74 Å². The minimum Gasteiger partial charge on any atom is -0.491 e. The predicted octanol–water partition coefficient (Wildman–Crippen LogP) is 4.23. The molecule has 0 atom stereocenters. The van der Waals surface area contributed by atoms with Crippen molar-refractivity contribution in [3.8, 4) is 5.75 Å². The van der Waals surface area contributed by atoms with Crippen molar-refractivity contribution in [2.45, 2.75) is 26.5 Å². The monoisotopic (exact) mass is 259 g/mol. The highest BCUT2D eigenvalue weighted by Gasteiger charge is 2.01. The van der Waals surface area contributed by atoms with Gasteiger partial charge in [0.15, 0.2) is 0 Å². The van der Waals surface area contributed by atoms with E-state index in [0.717, 1.165) is 11.3 Å². The molecule has 2 aromatic carbocycles. The maximum atomic E-state index is 13.4. The third-order valence-corrected chi connectivity index (χ3v) is 2.65. The Balaban J connectivity index is 1.95. The molecule has 0 spiro atoms. The van der Waals surface area contributed by atoms with Gasteiger partial charge in [0, 0.05) is 6.54 Å². The number of nitrogens with one attached hydrogen (secondary N) is 1. The van der Waals surface area contributed by atoms with Gasteiger partial charge in [-0.2, -0.15) is 0 Å². The fraction of sp³-hybridized carbons (Fsp3) is 0.250. The lowest BCUT2D eigenvalue weighted by Gasteiger charge is -2.11. The van der Waals surface area contributed by atoms with Crippen molar-refractivity contribution < 1.29 is 9.13 Å². The van der Waals surface area contributed by atoms with E-state index in [-0.39, 0.29) is 11.9 Å². The molecule has 2 rings (SSSR count). The largest absolute Gasteiger partial charge is 0.491 e. The molecule has 100 valence electrons. The fourth-order valence-corrected chi connectivity index (χ4v) is 1.76. The summed E-state index contributed by atoms with van der Waals surface area (Å²) in [5, 5.41) is 3.07. The van der Waals surface area contributed by atoms with Crippen LogP contribution in [0.2, 0.25) is 0 Å². The van der Waals surface area contributed by atoms with Crippen molar-refractivity contribution in [1.82, 2.24) is 0 Å². The van der Waals surface area contributed by atoms with Gasteiger partial charge in [-0.15, -0.1) is 0 Å². The van der Waals surface area contributed by atoms with Gasteiger partial charge in [0.05, 0.1) is 11.8 Å². The standard InChI is InChI=1S/C16H18FNO/c1-12(2)19-14-9-7-13(8-10-14)11-18-16-6-4-3-5-15(16)17/h3-10,12,18H,11H2,1-2H3. The van der Waals surface area contributed by atoms with Crippen LogP contribution >= 0.6 is 0 Å². The van der Waals surface area contributed by atoms with Crippen LogP contribution in [0.4, 0.5) is 10.1 Å². The third kappa shape index (κ3) is 3.98. The van der Waals surface area contributed by atoms with E-state index < -0.39 is 0 Å². The number of benzene rings is 2. The van der Waals surface area contributed by atoms with Crippen LogP contribution in [0.1, 0.15) is 19.4 Å². The molecule has 2 nitrogen and oxygen atoms in total. The first-order chi connectivity index (χ1) is 9.15. The Labute approximate surface area is 113 Å². The summed E-state index contributed by atoms with van der Waals surface area (Å²) in [4.78, 5) is 0. The molecule has 2 aromatic rings. The van der Waals surface area contributed by atoms with Crippen LogP contribution in [0, 0.1) is 5.82 Å². The van der Waals surface area contributed by atoms with Gasteiger partial charge in [-0.1, -0.05) is 24.3 Å². The number of anilines is 1. The minimum absolute atomic E-state index is 0.169. The molecule has 0 amide bonds. The summed E-state index contributed by atoms with van der Waals surface area (Å²) in [7, 11) is 0. The molecule has 0 heterocycles. The summed E-state index contributed by atoms with van der Waals surface area (Å²) in [5.74, 6) is 0.618. The topological polar surface area (TPSA) is 21.3 Å². The maximum absolute atomic E-state index is 13.4. The number of ether oxygens (including phenoxy) is 1. The zero-order valence-electron chi connectivity index (χ0n) is 11.2. The second kappa shape index (κ2) is 6.23. The number of para-hydroxylation sites is 1. The highest BCUT2D eigenvalue weighted by atomic mass is 19.1. The number of rotatable bonds is 5. The number of hydrogen-bond donors (Lipinski definition) is 1. The summed E-state index contributed by atoms with van der Waals surface area (Å²) in [6, 6.07) is 14.5. The highest BCUT2D eigenvalue weighted by molar-refractivity contribution is 5.45. The van der Waals surface area contributed by atoms with Crippen molar-refractivity contribution in [1.29, 1.82) is 0 Å². The normalized spacial score (nSPS) is 10.5. The predicted molar refractivity (Wildman–Crippen MR) is 75.9 cm³/mol. The van der Waals surface area contributed by atoms with E-state index in [1.54, 1.807) is 12.1 Å². The van der Waals surface area contributed by atoms with E-state index in [9.17, 15) is 4.39 Å². The third-order valence-electron chi connectivity index (χ3n) is 2.65. The van der Waals surface area contributed by atoms with Gasteiger partial charge in [0.25, 0.3) is 0 Å². The molecule has 0 saturated heterocycles. The minimum atomic E-state index is -0.234. The van der Waals surface area contributed by atoms with E-state index in [2.05, 4.69) is 5.32 Å². The summed E-state index contributed by atoms with van der Waals surface area (Å²) >= 11 is 0. The van der Waals surface area contributed by atoms with Gasteiger partial charge in [-0.05, 0) is 43.7 Å². The molecular weight excluding hydrogens is 241 g/mol. The van der Waals surface area contributed by atoms with Crippen LogP contribution in [0.15, 0.2) is 48.5 Å². The van der Waals surface area contributed by atoms with Crippen molar-refractivity contribution >= 4 is 5.69 Å². The molecule has 1 N–H and O–H groups in total. The molecule has 0 radical (unpaired) electrons. The van der Waals surface area contributed by atoms with Gasteiger partial charge < -0.3 is 10.1 Å². The maximum Gasteiger partial charge on any atom is 0.146 e. The van der Waals surface area contributed by atoms with E-state index in [1.165, 1.54) is 6.07 Å². The van der Waals surface area contributed by atoms with Crippen LogP contribution in [0.25, 0.3) is 0 Å². The summed E-state index contributed by atoms with van der Waals surface area (Å²) in [5.41, 5.74) is 1.60. The molecule has 0 fully saturated rings. The number of halogens is 1. The van der Waals surface area contributed by atoms with Gasteiger partial charge in [0.1, 0.15) is 11.6 Å². The average molecular weight is 259 g/mol. The molecule has 0 unspecified atom stereocenters. The lowest BCUT2D eigenvalue weighted by Crippen LogP contribution is -2.06. The number of hydrogen-bond acceptors (Lipinski definition) is 2. The van der Waals surface area contributed by atoms with Crippen LogP contribution < -0.4 is 10.1 Å². The Bertz CT molecular complexity index is 523. The molecule has 3 heteroatoms. The second-order valence-corrected chi connectivity index (χ2v) is 4.64. The Morgan fingerprint density at radius 1 is 1.05 bits per heavy atom. The lowest BCUT2D eigenvalue weighted by atomic mass is 10.2. The van der Waals surface area contributed by atoms with Crippen LogP contribution in [0.3, 0.4) is 0 Å². The molecule has 0 bridgehead atoms. The average Bonchev–Trinajstić information content (AvgIpc) is 2.39. The van der Waals surface area contributed by atoms with Crippen LogP contribution in [-0.4, -0.2) is 6.10 Å². The van der Waals surface area contributed by atoms with Gasteiger partial charge >= 0.3 is 0 Å². The zero-order chi connectivity index (χ0) is 13.7.